The van der Waals surface area contributed by atoms with Crippen molar-refractivity contribution in [3.63, 3.8) is 0 Å². The number of nitrogens with zero attached hydrogens (tertiary/aromatic N) is 2. The van der Waals surface area contributed by atoms with Crippen molar-refractivity contribution in [2.24, 2.45) is 0 Å². The maximum atomic E-state index is 13.5. The summed E-state index contributed by atoms with van der Waals surface area (Å²) in [7, 11) is 0. The van der Waals surface area contributed by atoms with E-state index < -0.39 is 5.66 Å². The maximum absolute atomic E-state index is 13.5. The average molecular weight is 371 g/mol. The Morgan fingerprint density at radius 3 is 2.12 bits per heavy atom. The maximum Gasteiger partial charge on any atom is 0.256 e. The van der Waals surface area contributed by atoms with Gasteiger partial charge in [0, 0.05) is 21.7 Å². The van der Waals surface area contributed by atoms with Crippen molar-refractivity contribution in [1.82, 2.24) is 9.80 Å². The molecule has 0 aliphatic carbocycles. The van der Waals surface area contributed by atoms with Gasteiger partial charge in [0.1, 0.15) is 5.66 Å². The van der Waals surface area contributed by atoms with Gasteiger partial charge in [-0.1, -0.05) is 55.8 Å². The zero-order chi connectivity index (χ0) is 19.1. The Labute approximate surface area is 161 Å². The van der Waals surface area contributed by atoms with Gasteiger partial charge in [0.25, 0.3) is 5.91 Å². The van der Waals surface area contributed by atoms with E-state index >= 15 is 0 Å². The van der Waals surface area contributed by atoms with Gasteiger partial charge in [0.2, 0.25) is 0 Å². The van der Waals surface area contributed by atoms with Gasteiger partial charge in [0.05, 0.1) is 0 Å². The van der Waals surface area contributed by atoms with E-state index in [1.165, 1.54) is 0 Å². The normalized spacial score (nSPS) is 20.0. The smallest absolute Gasteiger partial charge is 0.256 e. The predicted octanol–water partition coefficient (Wildman–Crippen LogP) is 5.14. The van der Waals surface area contributed by atoms with Gasteiger partial charge < -0.3 is 4.90 Å². The molecule has 0 fully saturated rings. The Bertz CT molecular complexity index is 806. The molecule has 4 heteroatoms. The molecule has 0 saturated carbocycles. The quantitative estimate of drug-likeness (QED) is 0.744. The summed E-state index contributed by atoms with van der Waals surface area (Å²) in [4.78, 5) is 17.9. The van der Waals surface area contributed by atoms with Crippen molar-refractivity contribution in [3.8, 4) is 0 Å². The minimum Gasteiger partial charge on any atom is -0.307 e. The van der Waals surface area contributed by atoms with E-state index in [4.69, 9.17) is 11.6 Å². The fraction of sp³-hybridized carbons (Fsp3) is 0.409. The number of benzene rings is 2. The molecule has 0 spiro atoms. The molecule has 2 aromatic carbocycles. The molecular formula is C22H27ClN2O. The third kappa shape index (κ3) is 2.65. The molecule has 0 saturated heterocycles. The number of carbonyl (C=O) groups excluding carboxylic acids is 1. The minimum absolute atomic E-state index is 0.0787. The number of fused-ring (bicyclic) bond motifs is 1. The molecule has 138 valence electrons. The first kappa shape index (κ1) is 18.9. The number of carbonyl (C=O) groups is 1. The van der Waals surface area contributed by atoms with Crippen LogP contribution in [0.4, 0.5) is 0 Å². The van der Waals surface area contributed by atoms with Crippen LogP contribution >= 0.6 is 11.6 Å². The van der Waals surface area contributed by atoms with E-state index in [2.05, 4.69) is 57.7 Å². The van der Waals surface area contributed by atoms with Gasteiger partial charge in [-0.25, -0.2) is 0 Å². The molecular weight excluding hydrogens is 344 g/mol. The van der Waals surface area contributed by atoms with Crippen LogP contribution in [-0.2, 0) is 5.66 Å². The molecule has 1 amide bonds. The Morgan fingerprint density at radius 1 is 1.00 bits per heavy atom. The second-order valence-corrected chi connectivity index (χ2v) is 8.14. The van der Waals surface area contributed by atoms with E-state index in [1.54, 1.807) is 0 Å². The Balaban J connectivity index is 2.42. The lowest BCUT2D eigenvalue weighted by Crippen LogP contribution is -2.62. The molecule has 0 N–H and O–H groups in total. The molecule has 1 aliphatic rings. The van der Waals surface area contributed by atoms with Crippen LogP contribution in [0, 0.1) is 0 Å². The Kier molecular flexibility index (Phi) is 4.89. The summed E-state index contributed by atoms with van der Waals surface area (Å²) < 4.78 is 0. The Morgan fingerprint density at radius 2 is 1.58 bits per heavy atom. The van der Waals surface area contributed by atoms with E-state index in [-0.39, 0.29) is 11.4 Å². The second kappa shape index (κ2) is 6.71. The molecule has 0 bridgehead atoms. The molecule has 1 atom stereocenters. The number of hydrogen-bond acceptors (Lipinski definition) is 2. The van der Waals surface area contributed by atoms with Crippen LogP contribution in [-0.4, -0.2) is 34.3 Å². The monoisotopic (exact) mass is 370 g/mol. The summed E-state index contributed by atoms with van der Waals surface area (Å²) in [5.74, 6) is 0.0787. The van der Waals surface area contributed by atoms with E-state index in [1.807, 2.05) is 35.2 Å². The van der Waals surface area contributed by atoms with Crippen LogP contribution in [0.1, 0.15) is 56.1 Å². The number of amides is 1. The summed E-state index contributed by atoms with van der Waals surface area (Å²) in [5, 5.41) is 0.698. The molecule has 1 unspecified atom stereocenters. The third-order valence-electron chi connectivity index (χ3n) is 5.20. The molecule has 3 nitrogen and oxygen atoms in total. The summed E-state index contributed by atoms with van der Waals surface area (Å²) in [6.07, 6.45) is 0. The standard InChI is InChI=1S/C22H27ClN2O/c1-6-24(7-2)22(16-12-14-17(23)15-13-16)19-11-9-8-10-18(19)20(26)25(22)21(3,4)5/h8-15H,6-7H2,1-5H3. The van der Waals surface area contributed by atoms with Crippen molar-refractivity contribution in [3.05, 3.63) is 70.2 Å². The number of rotatable bonds is 4. The molecule has 1 aliphatic heterocycles. The van der Waals surface area contributed by atoms with Crippen molar-refractivity contribution in [2.45, 2.75) is 45.8 Å². The van der Waals surface area contributed by atoms with E-state index in [0.717, 1.165) is 29.8 Å². The number of hydrogen-bond donors (Lipinski definition) is 0. The van der Waals surface area contributed by atoms with Gasteiger partial charge in [0.15, 0.2) is 0 Å². The average Bonchev–Trinajstić information content (AvgIpc) is 2.87. The van der Waals surface area contributed by atoms with Crippen molar-refractivity contribution >= 4 is 17.5 Å². The summed E-state index contributed by atoms with van der Waals surface area (Å²) in [5.41, 5.74) is 1.91. The fourth-order valence-corrected chi connectivity index (χ4v) is 4.42. The lowest BCUT2D eigenvalue weighted by Gasteiger charge is -2.52. The van der Waals surface area contributed by atoms with Crippen molar-refractivity contribution < 1.29 is 4.79 Å². The second-order valence-electron chi connectivity index (χ2n) is 7.71. The highest BCUT2D eigenvalue weighted by Gasteiger charge is 2.57. The van der Waals surface area contributed by atoms with Gasteiger partial charge in [-0.05, 0) is 57.6 Å². The highest BCUT2D eigenvalue weighted by Crippen LogP contribution is 2.49. The first-order valence-corrected chi connectivity index (χ1v) is 9.61. The molecule has 26 heavy (non-hydrogen) atoms. The molecule has 2 aromatic rings. The summed E-state index contributed by atoms with van der Waals surface area (Å²) in [6.45, 7) is 12.3. The predicted molar refractivity (Wildman–Crippen MR) is 108 cm³/mol. The van der Waals surface area contributed by atoms with E-state index in [0.29, 0.717) is 5.02 Å². The van der Waals surface area contributed by atoms with Crippen LogP contribution in [0.5, 0.6) is 0 Å². The van der Waals surface area contributed by atoms with Crippen LogP contribution in [0.2, 0.25) is 5.02 Å². The highest BCUT2D eigenvalue weighted by molar-refractivity contribution is 6.30. The lowest BCUT2D eigenvalue weighted by atomic mass is 9.86. The van der Waals surface area contributed by atoms with E-state index in [9.17, 15) is 4.79 Å². The van der Waals surface area contributed by atoms with Gasteiger partial charge in [-0.2, -0.15) is 0 Å². The fourth-order valence-electron chi connectivity index (χ4n) is 4.29. The molecule has 0 radical (unpaired) electrons. The molecule has 1 heterocycles. The SMILES string of the molecule is CCN(CC)C1(c2ccc(Cl)cc2)c2ccccc2C(=O)N1C(C)(C)C. The van der Waals surface area contributed by atoms with Gasteiger partial charge >= 0.3 is 0 Å². The van der Waals surface area contributed by atoms with Crippen LogP contribution in [0.15, 0.2) is 48.5 Å². The topological polar surface area (TPSA) is 23.6 Å². The van der Waals surface area contributed by atoms with Crippen LogP contribution < -0.4 is 0 Å². The lowest BCUT2D eigenvalue weighted by molar-refractivity contribution is -0.0452. The summed E-state index contributed by atoms with van der Waals surface area (Å²) in [6, 6.07) is 15.9. The minimum atomic E-state index is -0.639. The van der Waals surface area contributed by atoms with Gasteiger partial charge in [-0.15, -0.1) is 0 Å². The number of halogens is 1. The molecule has 0 aromatic heterocycles. The van der Waals surface area contributed by atoms with Crippen molar-refractivity contribution in [1.29, 1.82) is 0 Å². The zero-order valence-electron chi connectivity index (χ0n) is 16.2. The van der Waals surface area contributed by atoms with Crippen LogP contribution in [0.3, 0.4) is 0 Å². The van der Waals surface area contributed by atoms with Crippen molar-refractivity contribution in [2.75, 3.05) is 13.1 Å². The zero-order valence-corrected chi connectivity index (χ0v) is 17.0. The first-order chi connectivity index (χ1) is 12.3. The molecule has 3 rings (SSSR count). The third-order valence-corrected chi connectivity index (χ3v) is 5.45. The first-order valence-electron chi connectivity index (χ1n) is 9.23. The Hall–Kier alpha value is -1.84. The van der Waals surface area contributed by atoms with Crippen LogP contribution in [0.25, 0.3) is 0 Å². The highest BCUT2D eigenvalue weighted by atomic mass is 35.5. The van der Waals surface area contributed by atoms with Gasteiger partial charge in [-0.3, -0.25) is 9.69 Å². The summed E-state index contributed by atoms with van der Waals surface area (Å²) >= 11 is 6.17. The largest absolute Gasteiger partial charge is 0.307 e.